The maximum atomic E-state index is 13.1. The Morgan fingerprint density at radius 2 is 1.94 bits per heavy atom. The number of fused-ring (bicyclic) bond motifs is 1. The Hall–Kier alpha value is -3.61. The Morgan fingerprint density at radius 3 is 2.73 bits per heavy atom. The highest BCUT2D eigenvalue weighted by Gasteiger charge is 2.35. The number of hydrogen-bond acceptors (Lipinski definition) is 5. The van der Waals surface area contributed by atoms with Crippen molar-refractivity contribution in [2.24, 2.45) is 0 Å². The van der Waals surface area contributed by atoms with E-state index in [0.29, 0.717) is 43.1 Å². The van der Waals surface area contributed by atoms with E-state index in [0.717, 1.165) is 30.5 Å². The maximum absolute atomic E-state index is 13.1. The molecule has 1 fully saturated rings. The van der Waals surface area contributed by atoms with Gasteiger partial charge < -0.3 is 4.90 Å². The van der Waals surface area contributed by atoms with Gasteiger partial charge in [-0.15, -0.1) is 0 Å². The first-order valence-electron chi connectivity index (χ1n) is 11.5. The molecule has 2 aliphatic rings. The van der Waals surface area contributed by atoms with Gasteiger partial charge >= 0.3 is 0 Å². The van der Waals surface area contributed by atoms with E-state index in [1.807, 2.05) is 34.9 Å². The second-order valence-corrected chi connectivity index (χ2v) is 8.65. The largest absolute Gasteiger partial charge is 0.328 e. The van der Waals surface area contributed by atoms with Crippen LogP contribution in [0.25, 0.3) is 0 Å². The van der Waals surface area contributed by atoms with Crippen LogP contribution in [0.5, 0.6) is 0 Å². The summed E-state index contributed by atoms with van der Waals surface area (Å²) >= 11 is 0. The number of anilines is 1. The van der Waals surface area contributed by atoms with Crippen molar-refractivity contribution >= 4 is 17.6 Å². The lowest BCUT2D eigenvalue weighted by Gasteiger charge is -2.31. The van der Waals surface area contributed by atoms with Crippen molar-refractivity contribution in [3.63, 3.8) is 0 Å². The van der Waals surface area contributed by atoms with Crippen molar-refractivity contribution in [3.05, 3.63) is 83.1 Å². The van der Waals surface area contributed by atoms with Gasteiger partial charge in [-0.25, -0.2) is 9.97 Å². The molecule has 0 saturated carbocycles. The molecule has 0 N–H and O–H groups in total. The molecule has 5 rings (SSSR count). The molecule has 0 spiro atoms. The number of benzene rings is 1. The second-order valence-electron chi connectivity index (χ2n) is 8.65. The Morgan fingerprint density at radius 1 is 1.09 bits per heavy atom. The molecule has 1 saturated heterocycles. The molecular weight excluding hydrogens is 414 g/mol. The number of amides is 2. The third kappa shape index (κ3) is 4.23. The van der Waals surface area contributed by atoms with E-state index in [1.54, 1.807) is 24.5 Å². The molecule has 1 unspecified atom stereocenters. The molecule has 7 nitrogen and oxygen atoms in total. The van der Waals surface area contributed by atoms with Gasteiger partial charge in [0.1, 0.15) is 5.82 Å². The van der Waals surface area contributed by atoms with Crippen LogP contribution in [-0.2, 0) is 17.6 Å². The van der Waals surface area contributed by atoms with Gasteiger partial charge in [0.15, 0.2) is 5.82 Å². The van der Waals surface area contributed by atoms with E-state index in [2.05, 4.69) is 17.1 Å². The maximum Gasteiger partial charge on any atom is 0.256 e. The van der Waals surface area contributed by atoms with Crippen molar-refractivity contribution < 1.29 is 9.59 Å². The molecule has 1 atom stereocenters. The molecule has 0 bridgehead atoms. The van der Waals surface area contributed by atoms with Gasteiger partial charge in [0.05, 0.1) is 11.6 Å². The van der Waals surface area contributed by atoms with E-state index >= 15 is 0 Å². The number of nitrogens with zero attached hydrogens (tertiary/aromatic N) is 5. The van der Waals surface area contributed by atoms with E-state index in [-0.39, 0.29) is 17.9 Å². The summed E-state index contributed by atoms with van der Waals surface area (Å²) in [6.07, 6.45) is 6.86. The minimum absolute atomic E-state index is 0.0541. The Bertz CT molecular complexity index is 1170. The Balaban J connectivity index is 1.45. The summed E-state index contributed by atoms with van der Waals surface area (Å²) in [5.41, 5.74) is 3.69. The molecule has 2 aromatic heterocycles. The number of carbonyl (C=O) groups excluding carboxylic acids is 2. The van der Waals surface area contributed by atoms with Crippen molar-refractivity contribution in [2.75, 3.05) is 18.0 Å². The van der Waals surface area contributed by atoms with Crippen molar-refractivity contribution in [1.29, 1.82) is 0 Å². The number of aryl methyl sites for hydroxylation is 1. The molecule has 2 aliphatic heterocycles. The van der Waals surface area contributed by atoms with Crippen molar-refractivity contribution in [1.82, 2.24) is 19.9 Å². The van der Waals surface area contributed by atoms with Crippen molar-refractivity contribution in [3.8, 4) is 0 Å². The van der Waals surface area contributed by atoms with Gasteiger partial charge in [-0.3, -0.25) is 19.5 Å². The third-order valence-electron chi connectivity index (χ3n) is 6.54. The monoisotopic (exact) mass is 441 g/mol. The van der Waals surface area contributed by atoms with E-state index in [1.165, 1.54) is 5.56 Å². The number of likely N-dealkylation sites (tertiary alicyclic amines) is 1. The van der Waals surface area contributed by atoms with Gasteiger partial charge in [-0.1, -0.05) is 30.3 Å². The normalized spacial score (nSPS) is 17.8. The Labute approximate surface area is 193 Å². The van der Waals surface area contributed by atoms with Gasteiger partial charge in [0, 0.05) is 43.2 Å². The first-order valence-corrected chi connectivity index (χ1v) is 11.5. The Kier molecular flexibility index (Phi) is 5.86. The predicted molar refractivity (Wildman–Crippen MR) is 125 cm³/mol. The third-order valence-corrected chi connectivity index (χ3v) is 6.54. The summed E-state index contributed by atoms with van der Waals surface area (Å²) in [6, 6.07) is 13.5. The van der Waals surface area contributed by atoms with Crippen LogP contribution in [-0.4, -0.2) is 44.8 Å². The second kappa shape index (κ2) is 9.10. The van der Waals surface area contributed by atoms with Crippen LogP contribution in [0, 0.1) is 6.92 Å². The highest BCUT2D eigenvalue weighted by Crippen LogP contribution is 2.35. The highest BCUT2D eigenvalue weighted by atomic mass is 16.2. The zero-order chi connectivity index (χ0) is 22.8. The fourth-order valence-electron chi connectivity index (χ4n) is 4.80. The zero-order valence-electron chi connectivity index (χ0n) is 18.8. The van der Waals surface area contributed by atoms with Gasteiger partial charge in [-0.05, 0) is 50.3 Å². The molecule has 7 heteroatoms. The fraction of sp³-hybridized carbons (Fsp3) is 0.346. The molecule has 3 aromatic rings. The molecule has 168 valence electrons. The quantitative estimate of drug-likeness (QED) is 0.604. The molecule has 33 heavy (non-hydrogen) atoms. The van der Waals surface area contributed by atoms with Crippen LogP contribution in [0.2, 0.25) is 0 Å². The smallest absolute Gasteiger partial charge is 0.256 e. The standard InChI is InChI=1S/C26H27N5O2/c1-18-21-11-12-23(32)31(16-13-19-7-3-2-4-8-19)25(21)29-24(28-18)22-10-6-15-30(22)26(33)20-9-5-14-27-17-20/h2-5,7-9,14,17,22H,6,10-13,15-16H2,1H3. The van der Waals surface area contributed by atoms with Gasteiger partial charge in [-0.2, -0.15) is 0 Å². The van der Waals surface area contributed by atoms with Crippen LogP contribution < -0.4 is 4.90 Å². The predicted octanol–water partition coefficient (Wildman–Crippen LogP) is 3.68. The number of pyridine rings is 1. The summed E-state index contributed by atoms with van der Waals surface area (Å²) in [7, 11) is 0. The fourth-order valence-corrected chi connectivity index (χ4v) is 4.80. The summed E-state index contributed by atoms with van der Waals surface area (Å²) in [4.78, 5) is 43.5. The van der Waals surface area contributed by atoms with E-state index < -0.39 is 0 Å². The highest BCUT2D eigenvalue weighted by molar-refractivity contribution is 5.96. The van der Waals surface area contributed by atoms with Crippen LogP contribution in [0.4, 0.5) is 5.82 Å². The molecular formula is C26H27N5O2. The molecule has 4 heterocycles. The molecule has 0 aliphatic carbocycles. The van der Waals surface area contributed by atoms with E-state index in [4.69, 9.17) is 9.97 Å². The number of aromatic nitrogens is 3. The average Bonchev–Trinajstić information content (AvgIpc) is 3.34. The first-order chi connectivity index (χ1) is 16.1. The van der Waals surface area contributed by atoms with Gasteiger partial charge in [0.25, 0.3) is 5.91 Å². The van der Waals surface area contributed by atoms with Gasteiger partial charge in [0.2, 0.25) is 5.91 Å². The van der Waals surface area contributed by atoms with Crippen LogP contribution >= 0.6 is 0 Å². The zero-order valence-corrected chi connectivity index (χ0v) is 18.8. The molecule has 1 aromatic carbocycles. The lowest BCUT2D eigenvalue weighted by atomic mass is 10.0. The summed E-state index contributed by atoms with van der Waals surface area (Å²) in [5, 5.41) is 0. The average molecular weight is 442 g/mol. The molecule has 0 radical (unpaired) electrons. The summed E-state index contributed by atoms with van der Waals surface area (Å²) in [6.45, 7) is 3.22. The van der Waals surface area contributed by atoms with Crippen molar-refractivity contribution in [2.45, 2.75) is 45.1 Å². The number of hydrogen-bond donors (Lipinski definition) is 0. The lowest BCUT2D eigenvalue weighted by molar-refractivity contribution is -0.118. The number of carbonyl (C=O) groups is 2. The lowest BCUT2D eigenvalue weighted by Crippen LogP contribution is -2.39. The number of rotatable bonds is 5. The minimum atomic E-state index is -0.199. The SMILES string of the molecule is Cc1nc(C2CCCN2C(=O)c2cccnc2)nc2c1CCC(=O)N2CCc1ccccc1. The van der Waals surface area contributed by atoms with E-state index in [9.17, 15) is 9.59 Å². The van der Waals surface area contributed by atoms with Crippen LogP contribution in [0.3, 0.4) is 0 Å². The topological polar surface area (TPSA) is 79.3 Å². The first kappa shape index (κ1) is 21.2. The van der Waals surface area contributed by atoms with Crippen LogP contribution in [0.15, 0.2) is 54.9 Å². The minimum Gasteiger partial charge on any atom is -0.328 e. The summed E-state index contributed by atoms with van der Waals surface area (Å²) < 4.78 is 0. The van der Waals surface area contributed by atoms with Crippen LogP contribution in [0.1, 0.15) is 58.3 Å². The molecule has 2 amide bonds. The summed E-state index contributed by atoms with van der Waals surface area (Å²) in [5.74, 6) is 1.38.